The molecule has 0 radical (unpaired) electrons. The van der Waals surface area contributed by atoms with Gasteiger partial charge in [0, 0.05) is 26.3 Å². The van der Waals surface area contributed by atoms with Gasteiger partial charge in [0.1, 0.15) is 11.6 Å². The smallest absolute Gasteiger partial charge is 0.422 e. The van der Waals surface area contributed by atoms with Crippen LogP contribution in [0.25, 0.3) is 0 Å². The number of ether oxygens (including phenoxy) is 2. The monoisotopic (exact) mass is 428 g/mol. The van der Waals surface area contributed by atoms with Crippen molar-refractivity contribution < 1.29 is 22.6 Å². The minimum absolute atomic E-state index is 0.133. The van der Waals surface area contributed by atoms with Gasteiger partial charge >= 0.3 is 6.18 Å². The first-order chi connectivity index (χ1) is 14.2. The second-order valence-corrected chi connectivity index (χ2v) is 6.68. The molecule has 0 atom stereocenters. The maximum atomic E-state index is 12.6. The quantitative estimate of drug-likeness (QED) is 0.362. The van der Waals surface area contributed by atoms with Gasteiger partial charge in [-0.1, -0.05) is 12.1 Å². The van der Waals surface area contributed by atoms with E-state index in [9.17, 15) is 13.2 Å². The van der Waals surface area contributed by atoms with Gasteiger partial charge in [-0.05, 0) is 25.5 Å². The van der Waals surface area contributed by atoms with E-state index in [4.69, 9.17) is 9.47 Å². The third-order valence-electron chi connectivity index (χ3n) is 4.22. The molecule has 30 heavy (non-hydrogen) atoms. The van der Waals surface area contributed by atoms with Gasteiger partial charge in [0.15, 0.2) is 18.4 Å². The molecule has 0 saturated heterocycles. The van der Waals surface area contributed by atoms with Gasteiger partial charge in [-0.2, -0.15) is 13.2 Å². The Morgan fingerprint density at radius 2 is 1.97 bits per heavy atom. The average molecular weight is 428 g/mol. The van der Waals surface area contributed by atoms with Gasteiger partial charge in [0.25, 0.3) is 0 Å². The van der Waals surface area contributed by atoms with E-state index < -0.39 is 12.8 Å². The van der Waals surface area contributed by atoms with Crippen molar-refractivity contribution in [3.8, 4) is 5.75 Å². The van der Waals surface area contributed by atoms with Crippen LogP contribution in [0.1, 0.15) is 22.8 Å². The van der Waals surface area contributed by atoms with Crippen molar-refractivity contribution in [1.82, 2.24) is 25.4 Å². The number of rotatable bonds is 9. The van der Waals surface area contributed by atoms with Crippen LogP contribution in [0, 0.1) is 13.8 Å². The molecular weight excluding hydrogens is 401 g/mol. The Labute approximate surface area is 173 Å². The summed E-state index contributed by atoms with van der Waals surface area (Å²) in [5, 5.41) is 14.4. The van der Waals surface area contributed by atoms with Crippen LogP contribution in [-0.4, -0.2) is 53.8 Å². The normalized spacial score (nSPS) is 12.2. The Bertz CT molecular complexity index is 851. The zero-order valence-electron chi connectivity index (χ0n) is 17.5. The summed E-state index contributed by atoms with van der Waals surface area (Å²) in [7, 11) is 3.45. The molecule has 1 aromatic heterocycles. The molecule has 0 aliphatic carbocycles. The molecule has 0 aliphatic heterocycles. The van der Waals surface area contributed by atoms with Crippen LogP contribution in [0.4, 0.5) is 13.2 Å². The van der Waals surface area contributed by atoms with Gasteiger partial charge < -0.3 is 24.7 Å². The zero-order chi connectivity index (χ0) is 22.1. The van der Waals surface area contributed by atoms with Crippen LogP contribution < -0.4 is 15.4 Å². The molecule has 0 spiro atoms. The molecule has 2 aromatic rings. The van der Waals surface area contributed by atoms with Crippen molar-refractivity contribution in [3.05, 3.63) is 41.0 Å². The van der Waals surface area contributed by atoms with E-state index in [0.717, 1.165) is 17.2 Å². The fourth-order valence-electron chi connectivity index (χ4n) is 2.46. The molecule has 8 nitrogen and oxygen atoms in total. The third kappa shape index (κ3) is 7.54. The van der Waals surface area contributed by atoms with Crippen molar-refractivity contribution in [1.29, 1.82) is 0 Å². The Morgan fingerprint density at radius 1 is 1.20 bits per heavy atom. The first-order valence-corrected chi connectivity index (χ1v) is 9.34. The molecule has 0 saturated carbocycles. The van der Waals surface area contributed by atoms with Crippen molar-refractivity contribution in [2.75, 3.05) is 26.9 Å². The summed E-state index contributed by atoms with van der Waals surface area (Å²) in [4.78, 5) is 4.47. The Morgan fingerprint density at radius 3 is 2.60 bits per heavy atom. The minimum Gasteiger partial charge on any atom is -0.484 e. The minimum atomic E-state index is -4.41. The van der Waals surface area contributed by atoms with E-state index in [1.807, 2.05) is 18.5 Å². The number of methoxy groups -OCH3 is 1. The van der Waals surface area contributed by atoms with Crippen molar-refractivity contribution in [2.24, 2.45) is 12.0 Å². The van der Waals surface area contributed by atoms with Crippen LogP contribution >= 0.6 is 0 Å². The molecule has 11 heteroatoms. The predicted octanol–water partition coefficient (Wildman–Crippen LogP) is 2.25. The van der Waals surface area contributed by atoms with E-state index >= 15 is 0 Å². The van der Waals surface area contributed by atoms with Crippen molar-refractivity contribution in [2.45, 2.75) is 33.1 Å². The number of aliphatic imine (C=N–C) groups is 1. The summed E-state index contributed by atoms with van der Waals surface area (Å²) >= 11 is 0. The van der Waals surface area contributed by atoms with Gasteiger partial charge in [-0.15, -0.1) is 10.2 Å². The van der Waals surface area contributed by atoms with Gasteiger partial charge in [0.05, 0.1) is 19.7 Å². The lowest BCUT2D eigenvalue weighted by molar-refractivity contribution is -0.153. The maximum absolute atomic E-state index is 12.6. The first-order valence-electron chi connectivity index (χ1n) is 9.34. The highest BCUT2D eigenvalue weighted by Gasteiger charge is 2.28. The fraction of sp³-hybridized carbons (Fsp3) is 0.526. The summed E-state index contributed by atoms with van der Waals surface area (Å²) in [5.41, 5.74) is 1.35. The Balaban J connectivity index is 2.12. The maximum Gasteiger partial charge on any atom is 0.422 e. The zero-order valence-corrected chi connectivity index (χ0v) is 17.5. The SMILES string of the molecule is COCCNC(=NCc1ccc(C)cc1OCC(F)(F)F)NCc1nnc(C)n1C. The number of nitrogens with one attached hydrogen (secondary N) is 2. The van der Waals surface area contributed by atoms with Crippen LogP contribution in [-0.2, 0) is 24.9 Å². The number of alkyl halides is 3. The number of aromatic nitrogens is 3. The molecule has 0 amide bonds. The molecule has 0 aliphatic rings. The molecular formula is C19H27F3N6O2. The largest absolute Gasteiger partial charge is 0.484 e. The number of guanidine groups is 1. The topological polar surface area (TPSA) is 85.6 Å². The summed E-state index contributed by atoms with van der Waals surface area (Å²) in [5.74, 6) is 2.13. The van der Waals surface area contributed by atoms with Crippen LogP contribution in [0.15, 0.2) is 23.2 Å². The highest BCUT2D eigenvalue weighted by atomic mass is 19.4. The summed E-state index contributed by atoms with van der Waals surface area (Å²) < 4.78 is 49.5. The van der Waals surface area contributed by atoms with Crippen molar-refractivity contribution >= 4 is 5.96 Å². The second kappa shape index (κ2) is 10.8. The number of benzene rings is 1. The van der Waals surface area contributed by atoms with Crippen LogP contribution in [0.2, 0.25) is 0 Å². The van der Waals surface area contributed by atoms with Crippen LogP contribution in [0.3, 0.4) is 0 Å². The van der Waals surface area contributed by atoms with E-state index in [0.29, 0.717) is 31.2 Å². The van der Waals surface area contributed by atoms with Crippen molar-refractivity contribution in [3.63, 3.8) is 0 Å². The molecule has 0 unspecified atom stereocenters. The first kappa shape index (κ1) is 23.5. The molecule has 1 aromatic carbocycles. The Hall–Kier alpha value is -2.82. The molecule has 0 bridgehead atoms. The predicted molar refractivity (Wildman–Crippen MR) is 106 cm³/mol. The van der Waals surface area contributed by atoms with E-state index in [1.165, 1.54) is 0 Å². The lowest BCUT2D eigenvalue weighted by Gasteiger charge is -2.15. The summed E-state index contributed by atoms with van der Waals surface area (Å²) in [6.45, 7) is 3.77. The number of hydrogen-bond donors (Lipinski definition) is 2. The van der Waals surface area contributed by atoms with E-state index in [1.54, 1.807) is 32.2 Å². The molecule has 0 fully saturated rings. The number of aryl methyl sites for hydroxylation is 2. The molecule has 1 heterocycles. The summed E-state index contributed by atoms with van der Waals surface area (Å²) in [6, 6.07) is 5.09. The molecule has 2 rings (SSSR count). The lowest BCUT2D eigenvalue weighted by Crippen LogP contribution is -2.39. The molecule has 166 valence electrons. The number of nitrogens with zero attached hydrogens (tertiary/aromatic N) is 4. The lowest BCUT2D eigenvalue weighted by atomic mass is 10.1. The van der Waals surface area contributed by atoms with E-state index in [2.05, 4.69) is 25.8 Å². The van der Waals surface area contributed by atoms with Gasteiger partial charge in [-0.3, -0.25) is 0 Å². The van der Waals surface area contributed by atoms with Gasteiger partial charge in [0.2, 0.25) is 0 Å². The summed E-state index contributed by atoms with van der Waals surface area (Å²) in [6.07, 6.45) is -4.41. The highest BCUT2D eigenvalue weighted by Crippen LogP contribution is 2.24. The standard InChI is InChI=1S/C19H27F3N6O2/c1-13-5-6-15(16(9-13)30-12-19(20,21)22)10-24-18(23-7-8-29-4)25-11-17-27-26-14(2)28(17)3/h5-6,9H,7-8,10-12H2,1-4H3,(H2,23,24,25). The van der Waals surface area contributed by atoms with E-state index in [-0.39, 0.29) is 12.3 Å². The Kier molecular flexibility index (Phi) is 8.46. The van der Waals surface area contributed by atoms with Gasteiger partial charge in [-0.25, -0.2) is 4.99 Å². The average Bonchev–Trinajstić information content (AvgIpc) is 3.00. The fourth-order valence-corrected chi connectivity index (χ4v) is 2.46. The number of hydrogen-bond acceptors (Lipinski definition) is 5. The second-order valence-electron chi connectivity index (χ2n) is 6.68. The third-order valence-corrected chi connectivity index (χ3v) is 4.22. The highest BCUT2D eigenvalue weighted by molar-refractivity contribution is 5.79. The molecule has 2 N–H and O–H groups in total. The number of halogens is 3. The van der Waals surface area contributed by atoms with Crippen LogP contribution in [0.5, 0.6) is 5.75 Å².